The number of aliphatic carboxylic acids is 1. The maximum Gasteiger partial charge on any atom is 0.341 e. The first kappa shape index (κ1) is 13.4. The zero-order valence-corrected chi connectivity index (χ0v) is 11.1. The average Bonchev–Trinajstić information content (AvgIpc) is 2.40. The fraction of sp³-hybridized carbons (Fsp3) is 0.133. The molecule has 19 heavy (non-hydrogen) atoms. The van der Waals surface area contributed by atoms with E-state index in [4.69, 9.17) is 21.4 Å². The number of rotatable bonds is 4. The predicted octanol–water partition coefficient (Wildman–Crippen LogP) is 3.78. The van der Waals surface area contributed by atoms with Crippen LogP contribution in [-0.2, 0) is 4.79 Å². The van der Waals surface area contributed by atoms with E-state index in [0.717, 1.165) is 16.7 Å². The molecule has 2 aromatic rings. The normalized spacial score (nSPS) is 10.2. The lowest BCUT2D eigenvalue weighted by atomic mass is 10.0. The van der Waals surface area contributed by atoms with Gasteiger partial charge in [0.05, 0.1) is 0 Å². The molecule has 0 amide bonds. The second kappa shape index (κ2) is 5.76. The first-order valence-electron chi connectivity index (χ1n) is 5.77. The second-order valence-electron chi connectivity index (χ2n) is 4.17. The Labute approximate surface area is 116 Å². The molecule has 98 valence electrons. The van der Waals surface area contributed by atoms with Crippen molar-refractivity contribution in [3.05, 3.63) is 53.1 Å². The zero-order valence-electron chi connectivity index (χ0n) is 10.4. The van der Waals surface area contributed by atoms with E-state index in [2.05, 4.69) is 0 Å². The lowest BCUT2D eigenvalue weighted by Crippen LogP contribution is -2.09. The standard InChI is InChI=1S/C15H13ClO3/c1-10-2-5-12(16)8-14(10)11-3-6-13(7-4-11)19-9-15(17)18/h2-8H,9H2,1H3,(H,17,18). The van der Waals surface area contributed by atoms with E-state index in [1.165, 1.54) is 0 Å². The van der Waals surface area contributed by atoms with Gasteiger partial charge in [0.15, 0.2) is 6.61 Å². The van der Waals surface area contributed by atoms with Crippen molar-refractivity contribution < 1.29 is 14.6 Å². The molecule has 0 aliphatic carbocycles. The summed E-state index contributed by atoms with van der Waals surface area (Å²) in [4.78, 5) is 10.4. The van der Waals surface area contributed by atoms with Crippen LogP contribution < -0.4 is 4.74 Å². The van der Waals surface area contributed by atoms with Gasteiger partial charge in [-0.2, -0.15) is 0 Å². The highest BCUT2D eigenvalue weighted by Crippen LogP contribution is 2.28. The van der Waals surface area contributed by atoms with Gasteiger partial charge in [0.25, 0.3) is 0 Å². The Morgan fingerprint density at radius 2 is 1.89 bits per heavy atom. The highest BCUT2D eigenvalue weighted by atomic mass is 35.5. The van der Waals surface area contributed by atoms with Crippen molar-refractivity contribution in [2.75, 3.05) is 6.61 Å². The summed E-state index contributed by atoms with van der Waals surface area (Å²) >= 11 is 5.99. The first-order chi connectivity index (χ1) is 9.06. The lowest BCUT2D eigenvalue weighted by Gasteiger charge is -2.08. The van der Waals surface area contributed by atoms with Gasteiger partial charge in [-0.1, -0.05) is 29.8 Å². The topological polar surface area (TPSA) is 46.5 Å². The van der Waals surface area contributed by atoms with E-state index in [1.807, 2.05) is 37.3 Å². The third-order valence-corrected chi connectivity index (χ3v) is 2.96. The van der Waals surface area contributed by atoms with Crippen molar-refractivity contribution in [3.8, 4) is 16.9 Å². The second-order valence-corrected chi connectivity index (χ2v) is 4.60. The quantitative estimate of drug-likeness (QED) is 0.924. The first-order valence-corrected chi connectivity index (χ1v) is 6.15. The fourth-order valence-electron chi connectivity index (χ4n) is 1.78. The van der Waals surface area contributed by atoms with Crippen LogP contribution in [0, 0.1) is 6.92 Å². The van der Waals surface area contributed by atoms with Crippen molar-refractivity contribution in [1.29, 1.82) is 0 Å². The smallest absolute Gasteiger partial charge is 0.341 e. The molecular weight excluding hydrogens is 264 g/mol. The van der Waals surface area contributed by atoms with Crippen LogP contribution in [0.25, 0.3) is 11.1 Å². The Morgan fingerprint density at radius 1 is 1.21 bits per heavy atom. The number of carboxylic acid groups (broad SMARTS) is 1. The minimum absolute atomic E-state index is 0.338. The van der Waals surface area contributed by atoms with Gasteiger partial charge in [0.1, 0.15) is 5.75 Å². The Bertz CT molecular complexity index is 591. The summed E-state index contributed by atoms with van der Waals surface area (Å²) in [7, 11) is 0. The van der Waals surface area contributed by atoms with Gasteiger partial charge in [-0.15, -0.1) is 0 Å². The van der Waals surface area contributed by atoms with Gasteiger partial charge in [-0.3, -0.25) is 0 Å². The largest absolute Gasteiger partial charge is 0.482 e. The molecule has 4 heteroatoms. The Kier molecular flexibility index (Phi) is 4.07. The minimum Gasteiger partial charge on any atom is -0.482 e. The number of aryl methyl sites for hydroxylation is 1. The molecule has 0 aliphatic rings. The number of ether oxygens (including phenoxy) is 1. The molecule has 2 aromatic carbocycles. The molecule has 1 N–H and O–H groups in total. The zero-order chi connectivity index (χ0) is 13.8. The van der Waals surface area contributed by atoms with E-state index in [-0.39, 0.29) is 6.61 Å². The lowest BCUT2D eigenvalue weighted by molar-refractivity contribution is -0.139. The molecule has 2 rings (SSSR count). The van der Waals surface area contributed by atoms with E-state index in [0.29, 0.717) is 10.8 Å². The Balaban J connectivity index is 2.22. The SMILES string of the molecule is Cc1ccc(Cl)cc1-c1ccc(OCC(=O)O)cc1. The molecule has 0 fully saturated rings. The van der Waals surface area contributed by atoms with Crippen LogP contribution in [0.4, 0.5) is 0 Å². The van der Waals surface area contributed by atoms with Crippen LogP contribution in [0.5, 0.6) is 5.75 Å². The van der Waals surface area contributed by atoms with E-state index in [1.54, 1.807) is 12.1 Å². The van der Waals surface area contributed by atoms with Crippen LogP contribution in [0.2, 0.25) is 5.02 Å². The number of carbonyl (C=O) groups is 1. The van der Waals surface area contributed by atoms with Crippen molar-refractivity contribution in [3.63, 3.8) is 0 Å². The summed E-state index contributed by atoms with van der Waals surface area (Å²) in [5.74, 6) is -0.458. The molecule has 0 radical (unpaired) electrons. The average molecular weight is 277 g/mol. The van der Waals surface area contributed by atoms with E-state index in [9.17, 15) is 4.79 Å². The predicted molar refractivity (Wildman–Crippen MR) is 74.8 cm³/mol. The van der Waals surface area contributed by atoms with Crippen LogP contribution in [0.3, 0.4) is 0 Å². The summed E-state index contributed by atoms with van der Waals surface area (Å²) in [6, 6.07) is 13.0. The molecule has 0 aliphatic heterocycles. The van der Waals surface area contributed by atoms with Gasteiger partial charge in [-0.25, -0.2) is 4.79 Å². The van der Waals surface area contributed by atoms with Crippen molar-refractivity contribution in [1.82, 2.24) is 0 Å². The number of halogens is 1. The fourth-order valence-corrected chi connectivity index (χ4v) is 1.95. The third kappa shape index (κ3) is 3.48. The van der Waals surface area contributed by atoms with E-state index >= 15 is 0 Å². The molecular formula is C15H13ClO3. The van der Waals surface area contributed by atoms with Crippen LogP contribution in [0.15, 0.2) is 42.5 Å². The molecule has 0 atom stereocenters. The highest BCUT2D eigenvalue weighted by molar-refractivity contribution is 6.30. The molecule has 3 nitrogen and oxygen atoms in total. The monoisotopic (exact) mass is 276 g/mol. The van der Waals surface area contributed by atoms with Crippen LogP contribution in [-0.4, -0.2) is 17.7 Å². The number of benzene rings is 2. The van der Waals surface area contributed by atoms with Gasteiger partial charge < -0.3 is 9.84 Å². The summed E-state index contributed by atoms with van der Waals surface area (Å²) < 4.78 is 5.09. The molecule has 0 bridgehead atoms. The van der Waals surface area contributed by atoms with E-state index < -0.39 is 5.97 Å². The minimum atomic E-state index is -0.991. The summed E-state index contributed by atoms with van der Waals surface area (Å²) in [5, 5.41) is 9.22. The van der Waals surface area contributed by atoms with Gasteiger partial charge in [0, 0.05) is 5.02 Å². The molecule has 0 unspecified atom stereocenters. The highest BCUT2D eigenvalue weighted by Gasteiger charge is 2.04. The summed E-state index contributed by atoms with van der Waals surface area (Å²) in [6.07, 6.45) is 0. The maximum atomic E-state index is 10.4. The summed E-state index contributed by atoms with van der Waals surface area (Å²) in [6.45, 7) is 1.68. The van der Waals surface area contributed by atoms with Crippen molar-refractivity contribution in [2.24, 2.45) is 0 Å². The number of carboxylic acids is 1. The van der Waals surface area contributed by atoms with Crippen LogP contribution in [0.1, 0.15) is 5.56 Å². The van der Waals surface area contributed by atoms with Gasteiger partial charge >= 0.3 is 5.97 Å². The Hall–Kier alpha value is -2.00. The molecule has 0 spiro atoms. The van der Waals surface area contributed by atoms with Crippen LogP contribution >= 0.6 is 11.6 Å². The molecule has 0 heterocycles. The Morgan fingerprint density at radius 3 is 2.53 bits per heavy atom. The molecule has 0 aromatic heterocycles. The number of hydrogen-bond acceptors (Lipinski definition) is 2. The number of hydrogen-bond donors (Lipinski definition) is 1. The van der Waals surface area contributed by atoms with Gasteiger partial charge in [-0.05, 0) is 47.9 Å². The van der Waals surface area contributed by atoms with Crippen molar-refractivity contribution in [2.45, 2.75) is 6.92 Å². The van der Waals surface area contributed by atoms with Gasteiger partial charge in [0.2, 0.25) is 0 Å². The third-order valence-electron chi connectivity index (χ3n) is 2.73. The van der Waals surface area contributed by atoms with Crippen molar-refractivity contribution >= 4 is 17.6 Å². The maximum absolute atomic E-state index is 10.4. The molecule has 0 saturated carbocycles. The molecule has 0 saturated heterocycles. The summed E-state index contributed by atoms with van der Waals surface area (Å²) in [5.41, 5.74) is 3.20.